The second-order valence-electron chi connectivity index (χ2n) is 7.46. The van der Waals surface area contributed by atoms with E-state index in [1.54, 1.807) is 17.2 Å². The number of piperidine rings is 1. The molecule has 8 heteroatoms. The predicted octanol–water partition coefficient (Wildman–Crippen LogP) is 2.92. The molecular weight excluding hydrogens is 366 g/mol. The lowest BCUT2D eigenvalue weighted by atomic mass is 10.0. The molecule has 0 bridgehead atoms. The van der Waals surface area contributed by atoms with Crippen molar-refractivity contribution in [2.45, 2.75) is 38.1 Å². The molecule has 1 N–H and O–H groups in total. The van der Waals surface area contributed by atoms with Crippen LogP contribution in [0.15, 0.2) is 30.5 Å². The molecule has 1 aromatic heterocycles. The van der Waals surface area contributed by atoms with E-state index in [4.69, 9.17) is 0 Å². The largest absolute Gasteiger partial charge is 0.342 e. The van der Waals surface area contributed by atoms with Gasteiger partial charge in [0, 0.05) is 25.1 Å². The first-order chi connectivity index (χ1) is 13.5. The van der Waals surface area contributed by atoms with Crippen molar-refractivity contribution in [2.75, 3.05) is 18.4 Å². The minimum atomic E-state index is -0.941. The number of hydrogen-bond donors (Lipinski definition) is 1. The van der Waals surface area contributed by atoms with Crippen molar-refractivity contribution in [3.8, 4) is 0 Å². The minimum absolute atomic E-state index is 0.0425. The Morgan fingerprint density at radius 1 is 1.07 bits per heavy atom. The first-order valence-corrected chi connectivity index (χ1v) is 9.57. The van der Waals surface area contributed by atoms with Crippen LogP contribution in [0.4, 0.5) is 14.6 Å². The summed E-state index contributed by atoms with van der Waals surface area (Å²) >= 11 is 0. The molecule has 2 aliphatic rings. The number of hydrogen-bond acceptors (Lipinski definition) is 3. The average molecular weight is 388 g/mol. The van der Waals surface area contributed by atoms with Crippen molar-refractivity contribution >= 4 is 17.6 Å². The average Bonchev–Trinajstić information content (AvgIpc) is 3.45. The lowest BCUT2D eigenvalue weighted by Crippen LogP contribution is -2.40. The second kappa shape index (κ2) is 7.69. The highest BCUT2D eigenvalue weighted by Crippen LogP contribution is 2.31. The Balaban J connectivity index is 1.33. The van der Waals surface area contributed by atoms with Crippen molar-refractivity contribution < 1.29 is 18.4 Å². The monoisotopic (exact) mass is 388 g/mol. The Hall–Kier alpha value is -2.77. The summed E-state index contributed by atoms with van der Waals surface area (Å²) in [5, 5.41) is 7.29. The van der Waals surface area contributed by atoms with E-state index in [9.17, 15) is 18.4 Å². The van der Waals surface area contributed by atoms with Gasteiger partial charge in [-0.1, -0.05) is 6.07 Å². The fourth-order valence-corrected chi connectivity index (χ4v) is 3.57. The quantitative estimate of drug-likeness (QED) is 0.857. The Morgan fingerprint density at radius 2 is 1.82 bits per heavy atom. The first kappa shape index (κ1) is 18.6. The molecule has 0 unspecified atom stereocenters. The Bertz CT molecular complexity index is 886. The van der Waals surface area contributed by atoms with Crippen molar-refractivity contribution in [2.24, 2.45) is 5.92 Å². The van der Waals surface area contributed by atoms with Crippen molar-refractivity contribution in [1.29, 1.82) is 0 Å². The molecule has 2 heterocycles. The molecule has 6 nitrogen and oxygen atoms in total. The Kier molecular flexibility index (Phi) is 5.11. The third kappa shape index (κ3) is 4.05. The molecule has 2 amide bonds. The Labute approximate surface area is 161 Å². The van der Waals surface area contributed by atoms with E-state index in [-0.39, 0.29) is 30.2 Å². The summed E-state index contributed by atoms with van der Waals surface area (Å²) in [6, 6.07) is 5.44. The van der Waals surface area contributed by atoms with Crippen LogP contribution in [0.5, 0.6) is 0 Å². The van der Waals surface area contributed by atoms with Gasteiger partial charge in [-0.15, -0.1) is 0 Å². The standard InChI is InChI=1S/C20H22F2N4O2/c21-16-4-1-13(11-17(16)22)12-19(27)25-9-6-15(7-10-25)26-18(5-8-23-26)24-20(28)14-2-3-14/h1,4-5,8,11,14-15H,2-3,6-7,9-10,12H2,(H,24,28). The Morgan fingerprint density at radius 3 is 2.50 bits per heavy atom. The maximum Gasteiger partial charge on any atom is 0.228 e. The number of benzene rings is 1. The zero-order chi connectivity index (χ0) is 19.7. The van der Waals surface area contributed by atoms with Gasteiger partial charge in [0.25, 0.3) is 0 Å². The van der Waals surface area contributed by atoms with Gasteiger partial charge < -0.3 is 10.2 Å². The van der Waals surface area contributed by atoms with E-state index in [1.807, 2.05) is 4.68 Å². The van der Waals surface area contributed by atoms with Crippen LogP contribution in [-0.4, -0.2) is 39.6 Å². The summed E-state index contributed by atoms with van der Waals surface area (Å²) in [6.45, 7) is 1.12. The third-order valence-corrected chi connectivity index (χ3v) is 5.37. The minimum Gasteiger partial charge on any atom is -0.342 e. The number of amides is 2. The van der Waals surface area contributed by atoms with Crippen molar-refractivity contribution in [1.82, 2.24) is 14.7 Å². The van der Waals surface area contributed by atoms with Gasteiger partial charge >= 0.3 is 0 Å². The molecule has 1 aliphatic heterocycles. The topological polar surface area (TPSA) is 67.2 Å². The molecule has 0 atom stereocenters. The highest BCUT2D eigenvalue weighted by molar-refractivity contribution is 5.93. The predicted molar refractivity (Wildman–Crippen MR) is 98.5 cm³/mol. The van der Waals surface area contributed by atoms with E-state index < -0.39 is 11.6 Å². The number of nitrogens with zero attached hydrogens (tertiary/aromatic N) is 3. The molecular formula is C20H22F2N4O2. The van der Waals surface area contributed by atoms with Crippen LogP contribution in [0, 0.1) is 17.6 Å². The number of aromatic nitrogens is 2. The van der Waals surface area contributed by atoms with Crippen LogP contribution in [0.3, 0.4) is 0 Å². The molecule has 4 rings (SSSR count). The third-order valence-electron chi connectivity index (χ3n) is 5.37. The van der Waals surface area contributed by atoms with E-state index in [0.29, 0.717) is 24.5 Å². The van der Waals surface area contributed by atoms with Crippen molar-refractivity contribution in [3.63, 3.8) is 0 Å². The summed E-state index contributed by atoms with van der Waals surface area (Å²) in [6.07, 6.45) is 5.04. The van der Waals surface area contributed by atoms with Crippen LogP contribution >= 0.6 is 0 Å². The zero-order valence-corrected chi connectivity index (χ0v) is 15.4. The maximum atomic E-state index is 13.3. The highest BCUT2D eigenvalue weighted by atomic mass is 19.2. The van der Waals surface area contributed by atoms with Gasteiger partial charge in [-0.2, -0.15) is 5.10 Å². The van der Waals surface area contributed by atoms with Crippen LogP contribution in [0.2, 0.25) is 0 Å². The summed E-state index contributed by atoms with van der Waals surface area (Å²) in [5.41, 5.74) is 0.461. The number of likely N-dealkylation sites (tertiary alicyclic amines) is 1. The van der Waals surface area contributed by atoms with Crippen LogP contribution in [0.1, 0.15) is 37.3 Å². The molecule has 1 saturated heterocycles. The van der Waals surface area contributed by atoms with E-state index in [0.717, 1.165) is 37.8 Å². The van der Waals surface area contributed by atoms with Gasteiger partial charge in [-0.25, -0.2) is 13.5 Å². The van der Waals surface area contributed by atoms with Crippen LogP contribution in [-0.2, 0) is 16.0 Å². The molecule has 0 radical (unpaired) electrons. The van der Waals surface area contributed by atoms with Gasteiger partial charge in [-0.05, 0) is 43.4 Å². The molecule has 28 heavy (non-hydrogen) atoms. The molecule has 148 valence electrons. The van der Waals surface area contributed by atoms with Gasteiger partial charge in [0.05, 0.1) is 18.7 Å². The lowest BCUT2D eigenvalue weighted by Gasteiger charge is -2.33. The fraction of sp³-hybridized carbons (Fsp3) is 0.450. The number of carbonyl (C=O) groups is 2. The smallest absolute Gasteiger partial charge is 0.228 e. The van der Waals surface area contributed by atoms with E-state index in [2.05, 4.69) is 10.4 Å². The number of carbonyl (C=O) groups excluding carboxylic acids is 2. The normalized spacial score (nSPS) is 17.6. The number of rotatable bonds is 5. The molecule has 1 aliphatic carbocycles. The number of halogens is 2. The molecule has 2 fully saturated rings. The second-order valence-corrected chi connectivity index (χ2v) is 7.46. The van der Waals surface area contributed by atoms with E-state index >= 15 is 0 Å². The lowest BCUT2D eigenvalue weighted by molar-refractivity contribution is -0.131. The maximum absolute atomic E-state index is 13.3. The molecule has 1 aromatic carbocycles. The van der Waals surface area contributed by atoms with Crippen molar-refractivity contribution in [3.05, 3.63) is 47.7 Å². The molecule has 1 saturated carbocycles. The van der Waals surface area contributed by atoms with E-state index in [1.165, 1.54) is 6.07 Å². The van der Waals surface area contributed by atoms with Gasteiger partial charge in [0.15, 0.2) is 11.6 Å². The van der Waals surface area contributed by atoms with Gasteiger partial charge in [0.2, 0.25) is 11.8 Å². The van der Waals surface area contributed by atoms with Gasteiger partial charge in [0.1, 0.15) is 5.82 Å². The zero-order valence-electron chi connectivity index (χ0n) is 15.4. The number of nitrogens with one attached hydrogen (secondary N) is 1. The summed E-state index contributed by atoms with van der Waals surface area (Å²) in [4.78, 5) is 26.2. The number of anilines is 1. The molecule has 0 spiro atoms. The summed E-state index contributed by atoms with van der Waals surface area (Å²) in [7, 11) is 0. The fourth-order valence-electron chi connectivity index (χ4n) is 3.57. The van der Waals surface area contributed by atoms with Gasteiger partial charge in [-0.3, -0.25) is 9.59 Å². The van der Waals surface area contributed by atoms with Crippen LogP contribution < -0.4 is 5.32 Å². The van der Waals surface area contributed by atoms with Crippen LogP contribution in [0.25, 0.3) is 0 Å². The first-order valence-electron chi connectivity index (χ1n) is 9.57. The summed E-state index contributed by atoms with van der Waals surface area (Å²) in [5.74, 6) is -1.10. The SMILES string of the molecule is O=C(Nc1ccnn1C1CCN(C(=O)Cc2ccc(F)c(F)c2)CC1)C1CC1. The highest BCUT2D eigenvalue weighted by Gasteiger charge is 2.31. The molecule has 2 aromatic rings. The summed E-state index contributed by atoms with van der Waals surface area (Å²) < 4.78 is 28.2.